The highest BCUT2D eigenvalue weighted by molar-refractivity contribution is 7.91. The largest absolute Gasteiger partial charge is 0.450 e. The van der Waals surface area contributed by atoms with Crippen LogP contribution in [0.4, 0.5) is 9.59 Å². The lowest BCUT2D eigenvalue weighted by Crippen LogP contribution is -2.60. The van der Waals surface area contributed by atoms with Gasteiger partial charge < -0.3 is 25.0 Å². The molecule has 1 aromatic rings. The van der Waals surface area contributed by atoms with Gasteiger partial charge in [-0.05, 0) is 66.5 Å². The van der Waals surface area contributed by atoms with E-state index in [1.165, 1.54) is 10.5 Å². The van der Waals surface area contributed by atoms with E-state index in [2.05, 4.69) is 21.4 Å². The van der Waals surface area contributed by atoms with Gasteiger partial charge in [0.15, 0.2) is 0 Å². The summed E-state index contributed by atoms with van der Waals surface area (Å²) in [5.41, 5.74) is 1.10. The third-order valence-electron chi connectivity index (χ3n) is 11.0. The summed E-state index contributed by atoms with van der Waals surface area (Å²) in [6.07, 6.45) is 3.77. The fourth-order valence-corrected chi connectivity index (χ4v) is 9.02. The van der Waals surface area contributed by atoms with Gasteiger partial charge in [-0.25, -0.2) is 18.0 Å². The predicted molar refractivity (Wildman–Crippen MR) is 185 cm³/mol. The number of ether oxygens (including phenoxy) is 2. The molecule has 1 unspecified atom stereocenters. The van der Waals surface area contributed by atoms with E-state index in [4.69, 9.17) is 9.47 Å². The van der Waals surface area contributed by atoms with Crippen LogP contribution in [-0.2, 0) is 53.4 Å². The van der Waals surface area contributed by atoms with Gasteiger partial charge in [0.1, 0.15) is 23.7 Å². The third-order valence-corrected chi connectivity index (χ3v) is 12.8. The third kappa shape index (κ3) is 7.97. The van der Waals surface area contributed by atoms with Crippen molar-refractivity contribution in [3.05, 3.63) is 34.9 Å². The van der Waals surface area contributed by atoms with E-state index in [1.54, 1.807) is 25.7 Å². The van der Waals surface area contributed by atoms with Crippen LogP contribution in [0.15, 0.2) is 18.2 Å². The summed E-state index contributed by atoms with van der Waals surface area (Å²) in [5.74, 6) is -2.32. The van der Waals surface area contributed by atoms with E-state index in [9.17, 15) is 32.4 Å². The first-order valence-corrected chi connectivity index (χ1v) is 19.8. The van der Waals surface area contributed by atoms with Crippen molar-refractivity contribution in [1.29, 1.82) is 0 Å². The SMILES string of the molecule is CCC1C[C@]1(NC(=O)[C@@H]1C[C@@H]2CN1C(=O)[C@H](C(C)(C)C)NC(=O)OCCCCCCc1cccc3c1CN(C3)C(=O)O2)C(=O)NS(=O)(=O)C1CC1. The van der Waals surface area contributed by atoms with Crippen molar-refractivity contribution >= 4 is 39.9 Å². The highest BCUT2D eigenvalue weighted by Gasteiger charge is 2.62. The number of nitrogens with one attached hydrogen (secondary N) is 3. The molecule has 2 aliphatic carbocycles. The van der Waals surface area contributed by atoms with E-state index in [1.807, 2.05) is 19.1 Å². The number of amides is 5. The minimum Gasteiger partial charge on any atom is -0.450 e. The molecule has 51 heavy (non-hydrogen) atoms. The van der Waals surface area contributed by atoms with Gasteiger partial charge in [0.05, 0.1) is 18.4 Å². The van der Waals surface area contributed by atoms with E-state index < -0.39 is 74.3 Å². The molecule has 1 aromatic carbocycles. The summed E-state index contributed by atoms with van der Waals surface area (Å²) in [6.45, 7) is 8.06. The lowest BCUT2D eigenvalue weighted by molar-refractivity contribution is -0.143. The summed E-state index contributed by atoms with van der Waals surface area (Å²) < 4.78 is 39.0. The van der Waals surface area contributed by atoms with Gasteiger partial charge in [-0.3, -0.25) is 24.0 Å². The summed E-state index contributed by atoms with van der Waals surface area (Å²) in [7, 11) is -3.87. The summed E-state index contributed by atoms with van der Waals surface area (Å²) in [4.78, 5) is 71.5. The Morgan fingerprint density at radius 3 is 2.45 bits per heavy atom. The molecule has 2 saturated carbocycles. The lowest BCUT2D eigenvalue weighted by atomic mass is 9.85. The number of rotatable bonds is 6. The van der Waals surface area contributed by atoms with Crippen LogP contribution in [0.3, 0.4) is 0 Å². The molecule has 0 aromatic heterocycles. The van der Waals surface area contributed by atoms with Crippen LogP contribution in [0, 0.1) is 11.3 Å². The molecule has 14 nitrogen and oxygen atoms in total. The van der Waals surface area contributed by atoms with E-state index in [-0.39, 0.29) is 31.9 Å². The molecule has 6 rings (SSSR count). The molecule has 3 N–H and O–H groups in total. The zero-order valence-corrected chi connectivity index (χ0v) is 30.8. The number of cyclic esters (lactones) is 1. The monoisotopic (exact) mass is 729 g/mol. The number of nitrogens with zero attached hydrogens (tertiary/aromatic N) is 2. The van der Waals surface area contributed by atoms with Crippen LogP contribution < -0.4 is 15.4 Å². The van der Waals surface area contributed by atoms with Gasteiger partial charge in [-0.2, -0.15) is 0 Å². The second kappa shape index (κ2) is 14.3. The first-order valence-electron chi connectivity index (χ1n) is 18.3. The Hall–Kier alpha value is -3.88. The molecule has 280 valence electrons. The standard InChI is InChI=1S/C36H51N5O9S/c1-5-24-18-36(24,32(44)39-51(47,48)26-14-15-26)38-30(42)28-17-25-20-41(28)31(43)29(35(2,3)4)37-33(45)49-16-9-7-6-8-11-22-12-10-13-23-19-40(21-27(22)23)34(46)50-25/h10,12-13,24-26,28-29H,5-9,11,14-21H2,1-4H3,(H,37,45)(H,38,42)(H,39,44)/t24?,25-,28+,29-,36-/m1/s1. The zero-order valence-electron chi connectivity index (χ0n) is 30.0. The molecular formula is C36H51N5O9S. The maximum Gasteiger partial charge on any atom is 0.410 e. The van der Waals surface area contributed by atoms with Crippen LogP contribution in [0.1, 0.15) is 102 Å². The van der Waals surface area contributed by atoms with Crippen LogP contribution in [0.2, 0.25) is 0 Å². The number of benzene rings is 1. The first-order chi connectivity index (χ1) is 24.1. The molecule has 3 fully saturated rings. The molecule has 4 bridgehead atoms. The maximum absolute atomic E-state index is 14.4. The van der Waals surface area contributed by atoms with Gasteiger partial charge in [-0.15, -0.1) is 0 Å². The highest BCUT2D eigenvalue weighted by atomic mass is 32.2. The molecule has 3 aliphatic heterocycles. The van der Waals surface area contributed by atoms with Gasteiger partial charge in [-0.1, -0.05) is 65.2 Å². The van der Waals surface area contributed by atoms with E-state index in [0.29, 0.717) is 38.8 Å². The van der Waals surface area contributed by atoms with Crippen molar-refractivity contribution in [2.75, 3.05) is 13.2 Å². The average Bonchev–Trinajstić information content (AvgIpc) is 3.96. The Morgan fingerprint density at radius 1 is 1.04 bits per heavy atom. The summed E-state index contributed by atoms with van der Waals surface area (Å²) in [5, 5.41) is 4.91. The molecule has 0 radical (unpaired) electrons. The van der Waals surface area contributed by atoms with E-state index in [0.717, 1.165) is 36.8 Å². The molecule has 5 atom stereocenters. The van der Waals surface area contributed by atoms with Crippen LogP contribution >= 0.6 is 0 Å². The fourth-order valence-electron chi connectivity index (χ4n) is 7.65. The van der Waals surface area contributed by atoms with Crippen molar-refractivity contribution in [1.82, 2.24) is 25.2 Å². The molecule has 5 amide bonds. The number of alkyl carbamates (subject to hydrolysis) is 1. The van der Waals surface area contributed by atoms with Crippen LogP contribution in [0.25, 0.3) is 0 Å². The molecule has 5 aliphatic rings. The summed E-state index contributed by atoms with van der Waals surface area (Å²) >= 11 is 0. The van der Waals surface area contributed by atoms with Gasteiger partial charge in [0.25, 0.3) is 5.91 Å². The smallest absolute Gasteiger partial charge is 0.410 e. The topological polar surface area (TPSA) is 181 Å². The average molecular weight is 730 g/mol. The number of hydrogen-bond donors (Lipinski definition) is 3. The van der Waals surface area contributed by atoms with Crippen LogP contribution in [-0.4, -0.2) is 90.3 Å². The first kappa shape index (κ1) is 36.9. The minimum atomic E-state index is -3.87. The Kier molecular flexibility index (Phi) is 10.3. The van der Waals surface area contributed by atoms with Crippen molar-refractivity contribution in [2.45, 2.75) is 134 Å². The number of hydrogen-bond acceptors (Lipinski definition) is 9. The fraction of sp³-hybridized carbons (Fsp3) is 0.694. The zero-order chi connectivity index (χ0) is 36.7. The van der Waals surface area contributed by atoms with Crippen molar-refractivity contribution in [3.63, 3.8) is 0 Å². The number of carbonyl (C=O) groups excluding carboxylic acids is 5. The quantitative estimate of drug-likeness (QED) is 0.396. The molecule has 0 spiro atoms. The number of aryl methyl sites for hydroxylation is 1. The van der Waals surface area contributed by atoms with Gasteiger partial charge in [0, 0.05) is 19.5 Å². The molecular weight excluding hydrogens is 678 g/mol. The van der Waals surface area contributed by atoms with Gasteiger partial charge >= 0.3 is 12.2 Å². The minimum absolute atomic E-state index is 0.0501. The summed E-state index contributed by atoms with van der Waals surface area (Å²) in [6, 6.07) is 3.82. The molecule has 3 heterocycles. The predicted octanol–water partition coefficient (Wildman–Crippen LogP) is 3.26. The van der Waals surface area contributed by atoms with Gasteiger partial charge in [0.2, 0.25) is 21.8 Å². The van der Waals surface area contributed by atoms with Crippen molar-refractivity contribution < 1.29 is 41.9 Å². The Bertz CT molecular complexity index is 1670. The Balaban J connectivity index is 1.26. The van der Waals surface area contributed by atoms with E-state index >= 15 is 0 Å². The Morgan fingerprint density at radius 2 is 1.76 bits per heavy atom. The number of sulfonamides is 1. The number of carbonyl (C=O) groups is 5. The normalized spacial score (nSPS) is 29.1. The second-order valence-corrected chi connectivity index (χ2v) is 17.8. The van der Waals surface area contributed by atoms with Crippen LogP contribution in [0.5, 0.6) is 0 Å². The molecule has 15 heteroatoms. The molecule has 1 saturated heterocycles. The van der Waals surface area contributed by atoms with Crippen molar-refractivity contribution in [3.8, 4) is 0 Å². The van der Waals surface area contributed by atoms with Crippen molar-refractivity contribution in [2.24, 2.45) is 11.3 Å². The lowest BCUT2D eigenvalue weighted by Gasteiger charge is -2.35. The maximum atomic E-state index is 14.4. The highest BCUT2D eigenvalue weighted by Crippen LogP contribution is 2.47. The number of fused-ring (bicyclic) bond motifs is 3. The second-order valence-electron chi connectivity index (χ2n) is 15.8. The Labute approximate surface area is 299 Å².